The van der Waals surface area contributed by atoms with Crippen molar-refractivity contribution in [2.45, 2.75) is 38.1 Å². The van der Waals surface area contributed by atoms with E-state index in [4.69, 9.17) is 35.4 Å². The van der Waals surface area contributed by atoms with Crippen molar-refractivity contribution in [3.63, 3.8) is 0 Å². The normalized spacial score (nSPS) is 16.3. The number of pyridine rings is 1. The first-order valence-electron chi connectivity index (χ1n) is 6.04. The highest BCUT2D eigenvalue weighted by Gasteiger charge is 2.14. The van der Waals surface area contributed by atoms with Crippen LogP contribution in [0.5, 0.6) is 0 Å². The minimum Gasteiger partial charge on any atom is -0.360 e. The van der Waals surface area contributed by atoms with Gasteiger partial charge in [0.05, 0.1) is 10.0 Å². The molecule has 0 saturated heterocycles. The third-order valence-corrected chi connectivity index (χ3v) is 3.69. The minimum absolute atomic E-state index is 0.463. The summed E-state index contributed by atoms with van der Waals surface area (Å²) in [5, 5.41) is 7.85. The number of aromatic nitrogens is 1. The van der Waals surface area contributed by atoms with Gasteiger partial charge in [0, 0.05) is 12.2 Å². The van der Waals surface area contributed by atoms with Gasteiger partial charge >= 0.3 is 0 Å². The van der Waals surface area contributed by atoms with Crippen LogP contribution < -0.4 is 10.6 Å². The van der Waals surface area contributed by atoms with E-state index < -0.39 is 0 Å². The van der Waals surface area contributed by atoms with Crippen LogP contribution in [0.25, 0.3) is 0 Å². The van der Waals surface area contributed by atoms with Crippen molar-refractivity contribution in [3.8, 4) is 0 Å². The van der Waals surface area contributed by atoms with E-state index in [9.17, 15) is 0 Å². The number of anilines is 1. The van der Waals surface area contributed by atoms with Crippen LogP contribution in [-0.2, 0) is 0 Å². The van der Waals surface area contributed by atoms with Gasteiger partial charge in [-0.15, -0.1) is 0 Å². The molecule has 0 radical (unpaired) electrons. The molecular weight excluding hydrogens is 289 g/mol. The summed E-state index contributed by atoms with van der Waals surface area (Å²) in [5.74, 6) is 0.536. The number of hydrogen-bond acceptors (Lipinski definition) is 2. The summed E-state index contributed by atoms with van der Waals surface area (Å²) in [6, 6.07) is 2.10. The maximum atomic E-state index is 6.02. The Kier molecular flexibility index (Phi) is 5.03. The first-order valence-corrected chi connectivity index (χ1v) is 7.20. The highest BCUT2D eigenvalue weighted by molar-refractivity contribution is 7.80. The van der Waals surface area contributed by atoms with Crippen molar-refractivity contribution in [1.82, 2.24) is 10.3 Å². The molecule has 1 aromatic heterocycles. The first kappa shape index (κ1) is 13.8. The van der Waals surface area contributed by atoms with E-state index in [1.807, 2.05) is 0 Å². The Balaban J connectivity index is 1.90. The number of thiocarbonyl (C=S) groups is 1. The molecule has 0 bridgehead atoms. The highest BCUT2D eigenvalue weighted by Crippen LogP contribution is 2.22. The maximum absolute atomic E-state index is 6.02. The quantitative estimate of drug-likeness (QED) is 0.810. The van der Waals surface area contributed by atoms with Gasteiger partial charge in [-0.2, -0.15) is 0 Å². The largest absolute Gasteiger partial charge is 0.360 e. The second-order valence-corrected chi connectivity index (χ2v) is 5.67. The summed E-state index contributed by atoms with van der Waals surface area (Å²) in [7, 11) is 0. The predicted molar refractivity (Wildman–Crippen MR) is 80.5 cm³/mol. The molecule has 0 spiro atoms. The Morgan fingerprint density at radius 2 is 2.00 bits per heavy atom. The average Bonchev–Trinajstić information content (AvgIpc) is 2.34. The van der Waals surface area contributed by atoms with Gasteiger partial charge in [-0.25, -0.2) is 4.98 Å². The summed E-state index contributed by atoms with van der Waals surface area (Å²) in [6.45, 7) is 0. The maximum Gasteiger partial charge on any atom is 0.172 e. The van der Waals surface area contributed by atoms with Crippen molar-refractivity contribution in [2.24, 2.45) is 0 Å². The van der Waals surface area contributed by atoms with Crippen molar-refractivity contribution >= 4 is 46.4 Å². The summed E-state index contributed by atoms with van der Waals surface area (Å²) in [4.78, 5) is 4.11. The molecule has 1 aromatic rings. The van der Waals surface area contributed by atoms with E-state index in [-0.39, 0.29) is 0 Å². The molecule has 98 valence electrons. The van der Waals surface area contributed by atoms with Crippen LogP contribution in [-0.4, -0.2) is 16.1 Å². The van der Waals surface area contributed by atoms with Gasteiger partial charge in [-0.3, -0.25) is 0 Å². The number of halogens is 2. The SMILES string of the molecule is S=C(Nc1ncc(Cl)cc1Cl)NC1CCCCC1. The minimum atomic E-state index is 0.463. The molecule has 0 aliphatic heterocycles. The van der Waals surface area contributed by atoms with E-state index in [1.54, 1.807) is 12.3 Å². The Hall–Kier alpha value is -0.580. The van der Waals surface area contributed by atoms with Gasteiger partial charge in [0.2, 0.25) is 0 Å². The molecule has 1 aliphatic carbocycles. The van der Waals surface area contributed by atoms with Gasteiger partial charge < -0.3 is 10.6 Å². The number of hydrogen-bond donors (Lipinski definition) is 2. The van der Waals surface area contributed by atoms with Crippen LogP contribution in [0.3, 0.4) is 0 Å². The van der Waals surface area contributed by atoms with Gasteiger partial charge in [0.1, 0.15) is 0 Å². The number of nitrogens with zero attached hydrogens (tertiary/aromatic N) is 1. The molecule has 18 heavy (non-hydrogen) atoms. The lowest BCUT2D eigenvalue weighted by Gasteiger charge is -2.24. The molecule has 0 atom stereocenters. The van der Waals surface area contributed by atoms with Crippen LogP contribution in [0.15, 0.2) is 12.3 Å². The fraction of sp³-hybridized carbons (Fsp3) is 0.500. The van der Waals surface area contributed by atoms with Crippen molar-refractivity contribution in [2.75, 3.05) is 5.32 Å². The van der Waals surface area contributed by atoms with E-state index in [1.165, 1.54) is 32.1 Å². The summed E-state index contributed by atoms with van der Waals surface area (Å²) in [6.07, 6.45) is 7.73. The van der Waals surface area contributed by atoms with Crippen molar-refractivity contribution in [1.29, 1.82) is 0 Å². The number of rotatable bonds is 2. The zero-order chi connectivity index (χ0) is 13.0. The van der Waals surface area contributed by atoms with Gasteiger partial charge in [0.15, 0.2) is 10.9 Å². The van der Waals surface area contributed by atoms with Crippen LogP contribution in [0.4, 0.5) is 5.82 Å². The van der Waals surface area contributed by atoms with Crippen LogP contribution in [0.2, 0.25) is 10.0 Å². The standard InChI is InChI=1S/C12H15Cl2N3S/c13-8-6-10(14)11(15-7-8)17-12(18)16-9-4-2-1-3-5-9/h6-7,9H,1-5H2,(H2,15,16,17,18). The zero-order valence-corrected chi connectivity index (χ0v) is 12.2. The lowest BCUT2D eigenvalue weighted by molar-refractivity contribution is 0.415. The molecule has 6 heteroatoms. The fourth-order valence-electron chi connectivity index (χ4n) is 2.08. The van der Waals surface area contributed by atoms with Crippen molar-refractivity contribution in [3.05, 3.63) is 22.3 Å². The third kappa shape index (κ3) is 3.97. The molecule has 2 rings (SSSR count). The van der Waals surface area contributed by atoms with E-state index in [2.05, 4.69) is 15.6 Å². The first-order chi connectivity index (χ1) is 8.65. The molecule has 3 nitrogen and oxygen atoms in total. The fourth-order valence-corrected chi connectivity index (χ4v) is 2.77. The molecule has 1 heterocycles. The molecule has 0 unspecified atom stereocenters. The van der Waals surface area contributed by atoms with Crippen LogP contribution in [0, 0.1) is 0 Å². The van der Waals surface area contributed by atoms with Crippen LogP contribution in [0.1, 0.15) is 32.1 Å². The molecular formula is C12H15Cl2N3S. The third-order valence-electron chi connectivity index (χ3n) is 2.98. The molecule has 1 saturated carbocycles. The summed E-state index contributed by atoms with van der Waals surface area (Å²) in [5.41, 5.74) is 0. The van der Waals surface area contributed by atoms with Crippen molar-refractivity contribution < 1.29 is 0 Å². The lowest BCUT2D eigenvalue weighted by Crippen LogP contribution is -2.39. The Labute approximate surface area is 122 Å². The smallest absolute Gasteiger partial charge is 0.172 e. The molecule has 1 fully saturated rings. The second kappa shape index (κ2) is 6.55. The Morgan fingerprint density at radius 3 is 2.67 bits per heavy atom. The lowest BCUT2D eigenvalue weighted by atomic mass is 9.96. The van der Waals surface area contributed by atoms with E-state index in [0.29, 0.717) is 27.0 Å². The van der Waals surface area contributed by atoms with E-state index in [0.717, 1.165) is 0 Å². The monoisotopic (exact) mass is 303 g/mol. The van der Waals surface area contributed by atoms with Gasteiger partial charge in [-0.1, -0.05) is 42.5 Å². The zero-order valence-electron chi connectivity index (χ0n) is 9.88. The average molecular weight is 304 g/mol. The van der Waals surface area contributed by atoms with Crippen LogP contribution >= 0.6 is 35.4 Å². The molecule has 2 N–H and O–H groups in total. The number of nitrogens with one attached hydrogen (secondary N) is 2. The summed E-state index contributed by atoms with van der Waals surface area (Å²) < 4.78 is 0. The topological polar surface area (TPSA) is 37.0 Å². The molecule has 1 aliphatic rings. The Bertz CT molecular complexity index is 433. The second-order valence-electron chi connectivity index (χ2n) is 4.42. The van der Waals surface area contributed by atoms with Gasteiger partial charge in [-0.05, 0) is 31.1 Å². The molecule has 0 amide bonds. The van der Waals surface area contributed by atoms with Gasteiger partial charge in [0.25, 0.3) is 0 Å². The summed E-state index contributed by atoms with van der Waals surface area (Å²) >= 11 is 17.1. The highest BCUT2D eigenvalue weighted by atomic mass is 35.5. The Morgan fingerprint density at radius 1 is 1.28 bits per heavy atom. The van der Waals surface area contributed by atoms with E-state index >= 15 is 0 Å². The molecule has 0 aromatic carbocycles. The predicted octanol–water partition coefficient (Wildman–Crippen LogP) is 4.01.